The Morgan fingerprint density at radius 1 is 1.57 bits per heavy atom. The van der Waals surface area contributed by atoms with Crippen LogP contribution in [0.1, 0.15) is 5.56 Å². The van der Waals surface area contributed by atoms with E-state index in [-0.39, 0.29) is 35.8 Å². The second-order valence-corrected chi connectivity index (χ2v) is 4.03. The summed E-state index contributed by atoms with van der Waals surface area (Å²) in [6, 6.07) is 1.21. The number of carboxylic acids is 1. The third kappa shape index (κ3) is 4.09. The van der Waals surface area contributed by atoms with Crippen molar-refractivity contribution in [3.8, 4) is 23.8 Å². The summed E-state index contributed by atoms with van der Waals surface area (Å²) < 4.78 is 10.2. The molecule has 1 atom stereocenters. The van der Waals surface area contributed by atoms with Crippen molar-refractivity contribution in [2.75, 3.05) is 13.7 Å². The summed E-state index contributed by atoms with van der Waals surface area (Å²) in [5, 5.41) is 19.9. The molecule has 0 aliphatic rings. The number of hydrogen-bond donors (Lipinski definition) is 2. The van der Waals surface area contributed by atoms with Crippen LogP contribution in [0.5, 0.6) is 11.5 Å². The van der Waals surface area contributed by atoms with Crippen molar-refractivity contribution in [2.24, 2.45) is 5.73 Å². The molecule has 0 radical (unpaired) electrons. The Bertz CT molecular complexity index is 593. The number of nitro benzene ring substituents is 1. The fraction of sp³-hybridized carbons (Fsp3) is 0.308. The van der Waals surface area contributed by atoms with Crippen molar-refractivity contribution in [2.45, 2.75) is 12.5 Å². The van der Waals surface area contributed by atoms with Crippen LogP contribution in [0.3, 0.4) is 0 Å². The van der Waals surface area contributed by atoms with Gasteiger partial charge in [-0.25, -0.2) is 0 Å². The smallest absolute Gasteiger partial charge is 0.320 e. The van der Waals surface area contributed by atoms with Crippen molar-refractivity contribution in [1.82, 2.24) is 0 Å². The van der Waals surface area contributed by atoms with E-state index in [1.54, 1.807) is 0 Å². The Morgan fingerprint density at radius 2 is 2.24 bits per heavy atom. The summed E-state index contributed by atoms with van der Waals surface area (Å²) in [6.07, 6.45) is 4.85. The standard InChI is InChI=1S/C13H14N2O6/c1-3-4-21-12-7-10(15(18)19)8(6-11(12)20-2)5-9(14)13(16)17/h1,6-7,9H,4-5,14H2,2H3,(H,16,17). The Balaban J connectivity index is 3.26. The lowest BCUT2D eigenvalue weighted by atomic mass is 10.0. The van der Waals surface area contributed by atoms with Gasteiger partial charge >= 0.3 is 5.97 Å². The van der Waals surface area contributed by atoms with E-state index in [1.165, 1.54) is 13.2 Å². The monoisotopic (exact) mass is 294 g/mol. The number of methoxy groups -OCH3 is 1. The van der Waals surface area contributed by atoms with Crippen LogP contribution in [0.4, 0.5) is 5.69 Å². The Morgan fingerprint density at radius 3 is 2.71 bits per heavy atom. The molecule has 8 nitrogen and oxygen atoms in total. The number of carbonyl (C=O) groups is 1. The van der Waals surface area contributed by atoms with Gasteiger partial charge < -0.3 is 20.3 Å². The van der Waals surface area contributed by atoms with E-state index in [0.29, 0.717) is 0 Å². The lowest BCUT2D eigenvalue weighted by Crippen LogP contribution is -2.32. The molecule has 1 unspecified atom stereocenters. The molecule has 3 N–H and O–H groups in total. The second-order valence-electron chi connectivity index (χ2n) is 4.03. The van der Waals surface area contributed by atoms with Crippen LogP contribution in [0.25, 0.3) is 0 Å². The first kappa shape index (κ1) is 16.3. The number of ether oxygens (including phenoxy) is 2. The molecule has 0 fully saturated rings. The van der Waals surface area contributed by atoms with Gasteiger partial charge in [-0.15, -0.1) is 6.42 Å². The molecule has 0 saturated carbocycles. The van der Waals surface area contributed by atoms with Gasteiger partial charge in [-0.1, -0.05) is 5.92 Å². The largest absolute Gasteiger partial charge is 0.493 e. The van der Waals surface area contributed by atoms with Crippen molar-refractivity contribution in [3.63, 3.8) is 0 Å². The van der Waals surface area contributed by atoms with Gasteiger partial charge in [0.25, 0.3) is 5.69 Å². The zero-order chi connectivity index (χ0) is 16.0. The first-order valence-electron chi connectivity index (χ1n) is 5.80. The molecular formula is C13H14N2O6. The zero-order valence-corrected chi connectivity index (χ0v) is 11.2. The van der Waals surface area contributed by atoms with Crippen LogP contribution in [-0.4, -0.2) is 35.8 Å². The Kier molecular flexibility index (Phi) is 5.51. The fourth-order valence-corrected chi connectivity index (χ4v) is 1.64. The van der Waals surface area contributed by atoms with Gasteiger partial charge in [0.2, 0.25) is 0 Å². The van der Waals surface area contributed by atoms with Crippen molar-refractivity contribution < 1.29 is 24.3 Å². The fourth-order valence-electron chi connectivity index (χ4n) is 1.64. The summed E-state index contributed by atoms with van der Waals surface area (Å²) >= 11 is 0. The minimum atomic E-state index is -1.26. The van der Waals surface area contributed by atoms with E-state index in [2.05, 4.69) is 5.92 Å². The molecule has 0 aromatic heterocycles. The van der Waals surface area contributed by atoms with E-state index >= 15 is 0 Å². The number of nitrogens with two attached hydrogens (primary N) is 1. The molecule has 0 heterocycles. The molecule has 1 rings (SSSR count). The molecule has 21 heavy (non-hydrogen) atoms. The summed E-state index contributed by atoms with van der Waals surface area (Å²) in [7, 11) is 1.35. The molecule has 112 valence electrons. The second kappa shape index (κ2) is 7.12. The van der Waals surface area contributed by atoms with E-state index < -0.39 is 16.9 Å². The third-order valence-electron chi connectivity index (χ3n) is 2.63. The zero-order valence-electron chi connectivity index (χ0n) is 11.2. The van der Waals surface area contributed by atoms with Crippen molar-refractivity contribution >= 4 is 11.7 Å². The van der Waals surface area contributed by atoms with Gasteiger partial charge in [0.15, 0.2) is 11.5 Å². The first-order chi connectivity index (χ1) is 9.90. The van der Waals surface area contributed by atoms with Crippen LogP contribution in [0.15, 0.2) is 12.1 Å². The number of hydrogen-bond acceptors (Lipinski definition) is 6. The van der Waals surface area contributed by atoms with Gasteiger partial charge in [0, 0.05) is 12.0 Å². The molecule has 0 spiro atoms. The highest BCUT2D eigenvalue weighted by atomic mass is 16.6. The van der Waals surface area contributed by atoms with Crippen LogP contribution in [0, 0.1) is 22.5 Å². The highest BCUT2D eigenvalue weighted by Crippen LogP contribution is 2.35. The summed E-state index contributed by atoms with van der Waals surface area (Å²) in [4.78, 5) is 21.2. The molecular weight excluding hydrogens is 280 g/mol. The lowest BCUT2D eigenvalue weighted by Gasteiger charge is -2.12. The number of terminal acetylenes is 1. The van der Waals surface area contributed by atoms with Crippen LogP contribution >= 0.6 is 0 Å². The summed E-state index contributed by atoms with van der Waals surface area (Å²) in [5.41, 5.74) is 5.24. The number of carboxylic acid groups (broad SMARTS) is 1. The van der Waals surface area contributed by atoms with Gasteiger partial charge in [0.1, 0.15) is 12.6 Å². The van der Waals surface area contributed by atoms with Gasteiger partial charge in [-0.3, -0.25) is 14.9 Å². The Labute approximate surface area is 120 Å². The summed E-state index contributed by atoms with van der Waals surface area (Å²) in [6.45, 7) is -0.0818. The highest BCUT2D eigenvalue weighted by Gasteiger charge is 2.23. The number of nitro groups is 1. The topological polar surface area (TPSA) is 125 Å². The van der Waals surface area contributed by atoms with Crippen LogP contribution in [-0.2, 0) is 11.2 Å². The third-order valence-corrected chi connectivity index (χ3v) is 2.63. The van der Waals surface area contributed by atoms with Gasteiger partial charge in [0.05, 0.1) is 18.1 Å². The molecule has 1 aromatic carbocycles. The molecule has 0 saturated heterocycles. The maximum atomic E-state index is 11.1. The number of nitrogens with zero attached hydrogens (tertiary/aromatic N) is 1. The predicted octanol–water partition coefficient (Wildman–Crippen LogP) is 0.570. The Hall–Kier alpha value is -2.79. The minimum absolute atomic E-state index is 0.0818. The number of rotatable bonds is 7. The quantitative estimate of drug-likeness (QED) is 0.428. The first-order valence-corrected chi connectivity index (χ1v) is 5.80. The molecule has 8 heteroatoms. The minimum Gasteiger partial charge on any atom is -0.493 e. The average molecular weight is 294 g/mol. The number of aliphatic carboxylic acids is 1. The van der Waals surface area contributed by atoms with E-state index in [1.807, 2.05) is 0 Å². The van der Waals surface area contributed by atoms with Crippen LogP contribution < -0.4 is 15.2 Å². The van der Waals surface area contributed by atoms with Gasteiger partial charge in [-0.2, -0.15) is 0 Å². The maximum Gasteiger partial charge on any atom is 0.320 e. The van der Waals surface area contributed by atoms with Crippen molar-refractivity contribution in [3.05, 3.63) is 27.8 Å². The number of benzene rings is 1. The lowest BCUT2D eigenvalue weighted by molar-refractivity contribution is -0.385. The molecule has 0 aliphatic carbocycles. The molecule has 0 amide bonds. The van der Waals surface area contributed by atoms with Crippen molar-refractivity contribution in [1.29, 1.82) is 0 Å². The molecule has 0 aliphatic heterocycles. The van der Waals surface area contributed by atoms with Crippen LogP contribution in [0.2, 0.25) is 0 Å². The van der Waals surface area contributed by atoms with E-state index in [4.69, 9.17) is 26.7 Å². The average Bonchev–Trinajstić information content (AvgIpc) is 2.44. The summed E-state index contributed by atoms with van der Waals surface area (Å²) in [5.74, 6) is 1.30. The highest BCUT2D eigenvalue weighted by molar-refractivity contribution is 5.74. The van der Waals surface area contributed by atoms with E-state index in [9.17, 15) is 14.9 Å². The molecule has 1 aromatic rings. The van der Waals surface area contributed by atoms with E-state index in [0.717, 1.165) is 6.07 Å². The molecule has 0 bridgehead atoms. The normalized spacial score (nSPS) is 11.3. The van der Waals surface area contributed by atoms with Gasteiger partial charge in [-0.05, 0) is 6.07 Å². The maximum absolute atomic E-state index is 11.1. The SMILES string of the molecule is C#CCOc1cc([N+](=O)[O-])c(CC(N)C(=O)O)cc1OC. The predicted molar refractivity (Wildman–Crippen MR) is 73.3 cm³/mol.